The van der Waals surface area contributed by atoms with Gasteiger partial charge in [-0.2, -0.15) is 4.31 Å². The Hall–Kier alpha value is -2.85. The number of sulfonamides is 1. The summed E-state index contributed by atoms with van der Waals surface area (Å²) < 4.78 is 54.6. The van der Waals surface area contributed by atoms with Gasteiger partial charge in [0, 0.05) is 38.2 Å². The summed E-state index contributed by atoms with van der Waals surface area (Å²) in [7, 11) is -3.67. The first-order chi connectivity index (χ1) is 15.2. The molecule has 0 aromatic heterocycles. The number of hydrogen-bond donors (Lipinski definition) is 1. The van der Waals surface area contributed by atoms with E-state index in [1.807, 2.05) is 0 Å². The molecular formula is C22H23F2N3O4S. The highest BCUT2D eigenvalue weighted by Crippen LogP contribution is 2.35. The van der Waals surface area contributed by atoms with Crippen LogP contribution in [0.4, 0.5) is 20.2 Å². The monoisotopic (exact) mass is 463 g/mol. The van der Waals surface area contributed by atoms with E-state index in [9.17, 15) is 26.8 Å². The maximum atomic E-state index is 14.0. The molecule has 2 aromatic carbocycles. The number of carbonyl (C=O) groups is 2. The van der Waals surface area contributed by atoms with Crippen LogP contribution < -0.4 is 10.2 Å². The fourth-order valence-electron chi connectivity index (χ4n) is 4.25. The highest BCUT2D eigenvalue weighted by atomic mass is 32.2. The number of piperidine rings is 1. The van der Waals surface area contributed by atoms with Gasteiger partial charge in [-0.3, -0.25) is 14.5 Å². The molecule has 1 fully saturated rings. The molecule has 0 aliphatic carbocycles. The molecular weight excluding hydrogens is 440 g/mol. The van der Waals surface area contributed by atoms with E-state index in [-0.39, 0.29) is 17.0 Å². The van der Waals surface area contributed by atoms with Crippen molar-refractivity contribution in [3.8, 4) is 0 Å². The molecule has 0 bridgehead atoms. The number of carbonyl (C=O) groups excluding carboxylic acids is 2. The second kappa shape index (κ2) is 8.59. The van der Waals surface area contributed by atoms with Crippen molar-refractivity contribution in [1.82, 2.24) is 4.31 Å². The Kier molecular flexibility index (Phi) is 6.00. The molecule has 0 radical (unpaired) electrons. The van der Waals surface area contributed by atoms with Crippen molar-refractivity contribution in [3.05, 3.63) is 53.6 Å². The van der Waals surface area contributed by atoms with Gasteiger partial charge in [-0.05, 0) is 48.7 Å². The number of rotatable bonds is 4. The van der Waals surface area contributed by atoms with Crippen LogP contribution in [0.2, 0.25) is 0 Å². The quantitative estimate of drug-likeness (QED) is 0.755. The third kappa shape index (κ3) is 4.12. The van der Waals surface area contributed by atoms with Crippen molar-refractivity contribution in [2.24, 2.45) is 0 Å². The van der Waals surface area contributed by atoms with Crippen molar-refractivity contribution in [2.45, 2.75) is 43.5 Å². The second-order valence-electron chi connectivity index (χ2n) is 7.98. The Bertz CT molecular complexity index is 1180. The van der Waals surface area contributed by atoms with E-state index >= 15 is 0 Å². The predicted molar refractivity (Wildman–Crippen MR) is 115 cm³/mol. The van der Waals surface area contributed by atoms with E-state index < -0.39 is 39.5 Å². The molecule has 2 amide bonds. The molecule has 1 atom stereocenters. The molecule has 2 heterocycles. The molecule has 0 unspecified atom stereocenters. The van der Waals surface area contributed by atoms with Gasteiger partial charge in [-0.15, -0.1) is 0 Å². The van der Waals surface area contributed by atoms with E-state index in [1.165, 1.54) is 34.3 Å². The van der Waals surface area contributed by atoms with Crippen LogP contribution in [0.15, 0.2) is 41.3 Å². The molecule has 2 aliphatic heterocycles. The summed E-state index contributed by atoms with van der Waals surface area (Å²) >= 11 is 0. The average molecular weight is 464 g/mol. The first-order valence-electron chi connectivity index (χ1n) is 10.4. The summed E-state index contributed by atoms with van der Waals surface area (Å²) in [4.78, 5) is 26.6. The lowest BCUT2D eigenvalue weighted by Crippen LogP contribution is -2.44. The SMILES string of the molecule is CC(=O)N1c2ccc(S(=O)(=O)N3CCCCC3)cc2C[C@H]1C(=O)Nc1ccc(F)cc1F. The van der Waals surface area contributed by atoms with Gasteiger partial charge < -0.3 is 5.32 Å². The van der Waals surface area contributed by atoms with Crippen molar-refractivity contribution in [3.63, 3.8) is 0 Å². The molecule has 7 nitrogen and oxygen atoms in total. The highest BCUT2D eigenvalue weighted by Gasteiger charge is 2.38. The maximum absolute atomic E-state index is 14.0. The summed E-state index contributed by atoms with van der Waals surface area (Å²) in [6, 6.07) is 6.26. The highest BCUT2D eigenvalue weighted by molar-refractivity contribution is 7.89. The van der Waals surface area contributed by atoms with Gasteiger partial charge in [0.2, 0.25) is 21.8 Å². The first kappa shape index (κ1) is 22.3. The van der Waals surface area contributed by atoms with Gasteiger partial charge in [-0.25, -0.2) is 17.2 Å². The lowest BCUT2D eigenvalue weighted by molar-refractivity contribution is -0.122. The van der Waals surface area contributed by atoms with E-state index in [1.54, 1.807) is 0 Å². The number of halogens is 2. The summed E-state index contributed by atoms with van der Waals surface area (Å²) in [5, 5.41) is 2.39. The van der Waals surface area contributed by atoms with Crippen LogP contribution in [0.3, 0.4) is 0 Å². The molecule has 0 saturated carbocycles. The van der Waals surface area contributed by atoms with Gasteiger partial charge in [0.25, 0.3) is 0 Å². The van der Waals surface area contributed by atoms with Crippen LogP contribution >= 0.6 is 0 Å². The van der Waals surface area contributed by atoms with Crippen LogP contribution in [-0.2, 0) is 26.0 Å². The lowest BCUT2D eigenvalue weighted by atomic mass is 10.1. The van der Waals surface area contributed by atoms with Gasteiger partial charge in [0.15, 0.2) is 0 Å². The Labute approximate surface area is 185 Å². The number of amides is 2. The number of benzene rings is 2. The minimum atomic E-state index is -3.67. The topological polar surface area (TPSA) is 86.8 Å². The molecule has 2 aliphatic rings. The molecule has 1 N–H and O–H groups in total. The molecule has 0 spiro atoms. The van der Waals surface area contributed by atoms with Gasteiger partial charge in [0.1, 0.15) is 17.7 Å². The fraction of sp³-hybridized carbons (Fsp3) is 0.364. The number of fused-ring (bicyclic) bond motifs is 1. The number of nitrogens with zero attached hydrogens (tertiary/aromatic N) is 2. The Morgan fingerprint density at radius 2 is 1.75 bits per heavy atom. The lowest BCUT2D eigenvalue weighted by Gasteiger charge is -2.26. The Balaban J connectivity index is 1.61. The third-order valence-corrected chi connectivity index (χ3v) is 7.71. The smallest absolute Gasteiger partial charge is 0.247 e. The van der Waals surface area contributed by atoms with Crippen LogP contribution in [0.5, 0.6) is 0 Å². The van der Waals surface area contributed by atoms with E-state index in [0.717, 1.165) is 31.4 Å². The van der Waals surface area contributed by atoms with Crippen LogP contribution in [0.25, 0.3) is 0 Å². The molecule has 4 rings (SSSR count). The molecule has 32 heavy (non-hydrogen) atoms. The largest absolute Gasteiger partial charge is 0.322 e. The first-order valence-corrected chi connectivity index (χ1v) is 11.8. The number of anilines is 2. The van der Waals surface area contributed by atoms with Crippen molar-refractivity contribution in [1.29, 1.82) is 0 Å². The Morgan fingerprint density at radius 1 is 1.03 bits per heavy atom. The summed E-state index contributed by atoms with van der Waals surface area (Å²) in [6.07, 6.45) is 2.69. The molecule has 10 heteroatoms. The minimum absolute atomic E-state index is 0.0763. The summed E-state index contributed by atoms with van der Waals surface area (Å²) in [5.74, 6) is -2.77. The van der Waals surface area contributed by atoms with E-state index in [4.69, 9.17) is 0 Å². The molecule has 1 saturated heterocycles. The zero-order valence-corrected chi connectivity index (χ0v) is 18.3. The summed E-state index contributed by atoms with van der Waals surface area (Å²) in [5.41, 5.74) is 0.775. The fourth-order valence-corrected chi connectivity index (χ4v) is 5.82. The minimum Gasteiger partial charge on any atom is -0.322 e. The summed E-state index contributed by atoms with van der Waals surface area (Å²) in [6.45, 7) is 2.23. The number of nitrogens with one attached hydrogen (secondary N) is 1. The van der Waals surface area contributed by atoms with Gasteiger partial charge in [0.05, 0.1) is 10.6 Å². The van der Waals surface area contributed by atoms with E-state index in [0.29, 0.717) is 30.4 Å². The zero-order chi connectivity index (χ0) is 23.0. The van der Waals surface area contributed by atoms with Gasteiger partial charge >= 0.3 is 0 Å². The van der Waals surface area contributed by atoms with Crippen molar-refractivity contribution >= 4 is 33.2 Å². The van der Waals surface area contributed by atoms with E-state index in [2.05, 4.69) is 5.32 Å². The zero-order valence-electron chi connectivity index (χ0n) is 17.5. The number of hydrogen-bond acceptors (Lipinski definition) is 4. The average Bonchev–Trinajstić information content (AvgIpc) is 3.15. The Morgan fingerprint density at radius 3 is 2.41 bits per heavy atom. The van der Waals surface area contributed by atoms with Crippen LogP contribution in [0, 0.1) is 11.6 Å². The third-order valence-electron chi connectivity index (χ3n) is 5.82. The second-order valence-corrected chi connectivity index (χ2v) is 9.92. The van der Waals surface area contributed by atoms with Gasteiger partial charge in [-0.1, -0.05) is 6.42 Å². The molecule has 170 valence electrons. The predicted octanol–water partition coefficient (Wildman–Crippen LogP) is 3.06. The van der Waals surface area contributed by atoms with Crippen LogP contribution in [-0.4, -0.2) is 43.7 Å². The standard InChI is InChI=1S/C22H23F2N3O4S/c1-14(28)27-20-8-6-17(32(30,31)26-9-3-2-4-10-26)11-15(20)12-21(27)22(29)25-19-7-5-16(23)13-18(19)24/h5-8,11,13,21H,2-4,9-10,12H2,1H3,(H,25,29)/t21-/m0/s1. The normalized spacial score (nSPS) is 19.0. The molecule has 2 aromatic rings. The van der Waals surface area contributed by atoms with Crippen LogP contribution in [0.1, 0.15) is 31.7 Å². The van der Waals surface area contributed by atoms with Crippen molar-refractivity contribution in [2.75, 3.05) is 23.3 Å². The maximum Gasteiger partial charge on any atom is 0.247 e. The van der Waals surface area contributed by atoms with Crippen molar-refractivity contribution < 1.29 is 26.8 Å².